The van der Waals surface area contributed by atoms with Gasteiger partial charge in [-0.1, -0.05) is 12.2 Å². The Hall–Kier alpha value is -1.36. The molecule has 5 nitrogen and oxygen atoms in total. The number of rotatable bonds is 5. The fourth-order valence-corrected chi connectivity index (χ4v) is 2.77. The van der Waals surface area contributed by atoms with Crippen LogP contribution < -0.4 is 0 Å². The molecular formula is C14H21NO4. The van der Waals surface area contributed by atoms with Gasteiger partial charge >= 0.3 is 5.97 Å². The molecule has 0 aromatic heterocycles. The molecule has 0 aromatic rings. The lowest BCUT2D eigenvalue weighted by molar-refractivity contribution is -0.148. The zero-order valence-corrected chi connectivity index (χ0v) is 11.1. The summed E-state index contributed by atoms with van der Waals surface area (Å²) in [6.45, 7) is 1.02. The normalized spacial score (nSPS) is 23.5. The van der Waals surface area contributed by atoms with Crippen molar-refractivity contribution in [2.75, 3.05) is 19.8 Å². The van der Waals surface area contributed by atoms with E-state index in [2.05, 4.69) is 12.2 Å². The minimum atomic E-state index is -0.943. The zero-order valence-electron chi connectivity index (χ0n) is 11.1. The van der Waals surface area contributed by atoms with Crippen LogP contribution in [-0.2, 0) is 14.3 Å². The molecule has 0 saturated carbocycles. The summed E-state index contributed by atoms with van der Waals surface area (Å²) in [5, 5.41) is 8.99. The third-order valence-corrected chi connectivity index (χ3v) is 3.81. The van der Waals surface area contributed by atoms with E-state index in [0.717, 1.165) is 25.7 Å². The summed E-state index contributed by atoms with van der Waals surface area (Å²) in [5.41, 5.74) is 0. The van der Waals surface area contributed by atoms with Gasteiger partial charge in [-0.2, -0.15) is 0 Å². The van der Waals surface area contributed by atoms with Crippen LogP contribution in [0.1, 0.15) is 32.1 Å². The third-order valence-electron chi connectivity index (χ3n) is 3.81. The van der Waals surface area contributed by atoms with Gasteiger partial charge in [-0.3, -0.25) is 9.59 Å². The molecule has 0 spiro atoms. The second-order valence-corrected chi connectivity index (χ2v) is 5.23. The van der Waals surface area contributed by atoms with E-state index in [1.807, 2.05) is 0 Å². The maximum Gasteiger partial charge on any atom is 0.323 e. The molecular weight excluding hydrogens is 246 g/mol. The first-order valence-corrected chi connectivity index (χ1v) is 6.92. The van der Waals surface area contributed by atoms with Gasteiger partial charge in [0.15, 0.2) is 0 Å². The maximum absolute atomic E-state index is 12.3. The molecule has 106 valence electrons. The summed E-state index contributed by atoms with van der Waals surface area (Å²) in [6.07, 6.45) is 8.09. The molecule has 0 radical (unpaired) electrons. The Kier molecular flexibility index (Phi) is 4.96. The molecule has 0 unspecified atom stereocenters. The SMILES string of the molecule is O=C(O)CN(C(=O)C[C@H]1C=CCC1)C1CCOCC1. The number of carbonyl (C=O) groups is 2. The summed E-state index contributed by atoms with van der Waals surface area (Å²) >= 11 is 0. The smallest absolute Gasteiger partial charge is 0.323 e. The molecule has 1 heterocycles. The van der Waals surface area contributed by atoms with Crippen LogP contribution in [0.25, 0.3) is 0 Å². The number of aliphatic carboxylic acids is 1. The van der Waals surface area contributed by atoms with Crippen molar-refractivity contribution in [3.8, 4) is 0 Å². The summed E-state index contributed by atoms with van der Waals surface area (Å²) in [4.78, 5) is 24.8. The first kappa shape index (κ1) is 14.1. The molecule has 1 saturated heterocycles. The monoisotopic (exact) mass is 267 g/mol. The lowest BCUT2D eigenvalue weighted by Crippen LogP contribution is -2.46. The molecule has 2 aliphatic rings. The third kappa shape index (κ3) is 4.06. The van der Waals surface area contributed by atoms with Gasteiger partial charge in [-0.05, 0) is 31.6 Å². The van der Waals surface area contributed by atoms with Crippen molar-refractivity contribution in [2.24, 2.45) is 5.92 Å². The van der Waals surface area contributed by atoms with Crippen LogP contribution in [0.15, 0.2) is 12.2 Å². The Bertz CT molecular complexity index is 360. The highest BCUT2D eigenvalue weighted by Crippen LogP contribution is 2.23. The average Bonchev–Trinajstić information content (AvgIpc) is 2.89. The van der Waals surface area contributed by atoms with Crippen molar-refractivity contribution in [1.29, 1.82) is 0 Å². The molecule has 1 N–H and O–H groups in total. The topological polar surface area (TPSA) is 66.8 Å². The highest BCUT2D eigenvalue weighted by atomic mass is 16.5. The van der Waals surface area contributed by atoms with E-state index in [-0.39, 0.29) is 24.4 Å². The first-order chi connectivity index (χ1) is 9.16. The molecule has 1 fully saturated rings. The summed E-state index contributed by atoms with van der Waals surface area (Å²) in [6, 6.07) is 0.0164. The largest absolute Gasteiger partial charge is 0.480 e. The number of hydrogen-bond acceptors (Lipinski definition) is 3. The lowest BCUT2D eigenvalue weighted by Gasteiger charge is -2.33. The number of carboxylic acid groups (broad SMARTS) is 1. The van der Waals surface area contributed by atoms with Crippen molar-refractivity contribution in [1.82, 2.24) is 4.90 Å². The molecule has 0 aromatic carbocycles. The standard InChI is InChI=1S/C14H21NO4/c16-13(9-11-3-1-2-4-11)15(10-14(17)18)12-5-7-19-8-6-12/h1,3,11-12H,2,4-10H2,(H,17,18)/t11-/m0/s1. The van der Waals surface area contributed by atoms with Crippen molar-refractivity contribution in [3.63, 3.8) is 0 Å². The Morgan fingerprint density at radius 1 is 1.26 bits per heavy atom. The van der Waals surface area contributed by atoms with Gasteiger partial charge in [-0.15, -0.1) is 0 Å². The van der Waals surface area contributed by atoms with Crippen LogP contribution in [0.5, 0.6) is 0 Å². The minimum absolute atomic E-state index is 0.0164. The number of nitrogens with zero attached hydrogens (tertiary/aromatic N) is 1. The molecule has 1 atom stereocenters. The molecule has 19 heavy (non-hydrogen) atoms. The van der Waals surface area contributed by atoms with Crippen LogP contribution in [0, 0.1) is 5.92 Å². The van der Waals surface area contributed by atoms with E-state index in [0.29, 0.717) is 19.6 Å². The minimum Gasteiger partial charge on any atom is -0.480 e. The van der Waals surface area contributed by atoms with Gasteiger partial charge in [0.25, 0.3) is 0 Å². The van der Waals surface area contributed by atoms with Crippen molar-refractivity contribution in [2.45, 2.75) is 38.1 Å². The number of carboxylic acids is 1. The van der Waals surface area contributed by atoms with E-state index in [9.17, 15) is 9.59 Å². The predicted octanol–water partition coefficient (Wildman–Crippen LogP) is 1.43. The molecule has 5 heteroatoms. The Morgan fingerprint density at radius 2 is 2.00 bits per heavy atom. The van der Waals surface area contributed by atoms with E-state index in [4.69, 9.17) is 9.84 Å². The van der Waals surface area contributed by atoms with Gasteiger partial charge in [0.2, 0.25) is 5.91 Å². The lowest BCUT2D eigenvalue weighted by atomic mass is 10.0. The fourth-order valence-electron chi connectivity index (χ4n) is 2.77. The van der Waals surface area contributed by atoms with E-state index in [1.54, 1.807) is 0 Å². The second kappa shape index (κ2) is 6.70. The van der Waals surface area contributed by atoms with E-state index < -0.39 is 5.97 Å². The van der Waals surface area contributed by atoms with Crippen molar-refractivity contribution < 1.29 is 19.4 Å². The number of allylic oxidation sites excluding steroid dienone is 2. The molecule has 0 bridgehead atoms. The van der Waals surface area contributed by atoms with Gasteiger partial charge in [0, 0.05) is 25.7 Å². The van der Waals surface area contributed by atoms with Crippen LogP contribution in [-0.4, -0.2) is 47.7 Å². The fraction of sp³-hybridized carbons (Fsp3) is 0.714. The second-order valence-electron chi connectivity index (χ2n) is 5.23. The Labute approximate surface area is 113 Å². The molecule has 1 aliphatic carbocycles. The van der Waals surface area contributed by atoms with Crippen molar-refractivity contribution >= 4 is 11.9 Å². The molecule has 1 aliphatic heterocycles. The van der Waals surface area contributed by atoms with Crippen LogP contribution >= 0.6 is 0 Å². The average molecular weight is 267 g/mol. The zero-order chi connectivity index (χ0) is 13.7. The Morgan fingerprint density at radius 3 is 2.58 bits per heavy atom. The number of carbonyl (C=O) groups excluding carboxylic acids is 1. The molecule has 2 rings (SSSR count). The first-order valence-electron chi connectivity index (χ1n) is 6.92. The highest BCUT2D eigenvalue weighted by molar-refractivity contribution is 5.82. The number of hydrogen-bond donors (Lipinski definition) is 1. The number of amides is 1. The maximum atomic E-state index is 12.3. The van der Waals surface area contributed by atoms with Gasteiger partial charge in [0.05, 0.1) is 0 Å². The summed E-state index contributed by atoms with van der Waals surface area (Å²) in [5.74, 6) is -0.698. The van der Waals surface area contributed by atoms with Gasteiger partial charge < -0.3 is 14.7 Å². The summed E-state index contributed by atoms with van der Waals surface area (Å²) in [7, 11) is 0. The highest BCUT2D eigenvalue weighted by Gasteiger charge is 2.28. The quantitative estimate of drug-likeness (QED) is 0.765. The van der Waals surface area contributed by atoms with Crippen LogP contribution in [0.4, 0.5) is 0 Å². The Balaban J connectivity index is 1.96. The number of ether oxygens (including phenoxy) is 1. The summed E-state index contributed by atoms with van der Waals surface area (Å²) < 4.78 is 5.27. The van der Waals surface area contributed by atoms with Gasteiger partial charge in [-0.25, -0.2) is 0 Å². The van der Waals surface area contributed by atoms with Crippen LogP contribution in [0.3, 0.4) is 0 Å². The predicted molar refractivity (Wildman–Crippen MR) is 69.7 cm³/mol. The van der Waals surface area contributed by atoms with E-state index >= 15 is 0 Å². The van der Waals surface area contributed by atoms with E-state index in [1.165, 1.54) is 4.90 Å². The van der Waals surface area contributed by atoms with Gasteiger partial charge in [0.1, 0.15) is 6.54 Å². The molecule has 1 amide bonds. The van der Waals surface area contributed by atoms with Crippen LogP contribution in [0.2, 0.25) is 0 Å². The van der Waals surface area contributed by atoms with Crippen molar-refractivity contribution in [3.05, 3.63) is 12.2 Å².